The number of hydrogen-bond acceptors (Lipinski definition) is 2. The van der Waals surface area contributed by atoms with Crippen LogP contribution in [0.1, 0.15) is 56.1 Å². The third kappa shape index (κ3) is 3.80. The van der Waals surface area contributed by atoms with E-state index in [1.807, 2.05) is 26.0 Å². The standard InChI is InChI=1S/C20H28N2O2/c1-14-9-10-15(2)18(11-14)22-13-16(12-19(22)23)20(24)21-17-7-5-3-4-6-8-17/h9-11,16-17H,3-8,12-13H2,1-2H3,(H,21,24). The largest absolute Gasteiger partial charge is 0.353 e. The number of benzene rings is 1. The molecule has 1 N–H and O–H groups in total. The second kappa shape index (κ2) is 7.37. The van der Waals surface area contributed by atoms with Gasteiger partial charge < -0.3 is 10.2 Å². The lowest BCUT2D eigenvalue weighted by molar-refractivity contribution is -0.127. The fraction of sp³-hybridized carbons (Fsp3) is 0.600. The van der Waals surface area contributed by atoms with Gasteiger partial charge in [0.15, 0.2) is 0 Å². The van der Waals surface area contributed by atoms with Gasteiger partial charge in [-0.1, -0.05) is 37.8 Å². The number of nitrogens with one attached hydrogen (secondary N) is 1. The van der Waals surface area contributed by atoms with Crippen molar-refractivity contribution in [2.24, 2.45) is 5.92 Å². The summed E-state index contributed by atoms with van der Waals surface area (Å²) >= 11 is 0. The Labute approximate surface area is 144 Å². The van der Waals surface area contributed by atoms with Gasteiger partial charge in [-0.15, -0.1) is 0 Å². The summed E-state index contributed by atoms with van der Waals surface area (Å²) in [6.07, 6.45) is 7.42. The molecule has 1 saturated heterocycles. The Morgan fingerprint density at radius 3 is 2.54 bits per heavy atom. The lowest BCUT2D eigenvalue weighted by Gasteiger charge is -2.21. The zero-order valence-electron chi connectivity index (χ0n) is 14.8. The average molecular weight is 328 g/mol. The molecule has 2 amide bonds. The Morgan fingerprint density at radius 2 is 1.83 bits per heavy atom. The van der Waals surface area contributed by atoms with E-state index in [9.17, 15) is 9.59 Å². The van der Waals surface area contributed by atoms with Gasteiger partial charge in [0, 0.05) is 24.7 Å². The van der Waals surface area contributed by atoms with Crippen molar-refractivity contribution in [2.75, 3.05) is 11.4 Å². The minimum atomic E-state index is -0.222. The molecule has 0 radical (unpaired) electrons. The summed E-state index contributed by atoms with van der Waals surface area (Å²) in [4.78, 5) is 26.8. The molecule has 0 bridgehead atoms. The molecule has 0 spiro atoms. The fourth-order valence-corrected chi connectivity index (χ4v) is 3.87. The smallest absolute Gasteiger partial charge is 0.227 e. The van der Waals surface area contributed by atoms with Crippen LogP contribution in [0.3, 0.4) is 0 Å². The van der Waals surface area contributed by atoms with Crippen LogP contribution in [-0.4, -0.2) is 24.4 Å². The third-order valence-electron chi connectivity index (χ3n) is 5.35. The van der Waals surface area contributed by atoms with Crippen LogP contribution in [0, 0.1) is 19.8 Å². The molecule has 1 saturated carbocycles. The molecular weight excluding hydrogens is 300 g/mol. The molecule has 1 aliphatic heterocycles. The molecule has 1 aromatic rings. The number of nitrogens with zero attached hydrogens (tertiary/aromatic N) is 1. The maximum atomic E-state index is 12.6. The highest BCUT2D eigenvalue weighted by molar-refractivity contribution is 6.00. The number of hydrogen-bond donors (Lipinski definition) is 1. The van der Waals surface area contributed by atoms with Gasteiger partial charge >= 0.3 is 0 Å². The molecule has 0 aromatic heterocycles. The predicted octanol–water partition coefficient (Wildman–Crippen LogP) is 3.50. The maximum Gasteiger partial charge on any atom is 0.227 e. The van der Waals surface area contributed by atoms with Crippen LogP contribution in [0.5, 0.6) is 0 Å². The third-order valence-corrected chi connectivity index (χ3v) is 5.35. The van der Waals surface area contributed by atoms with Crippen molar-refractivity contribution in [3.63, 3.8) is 0 Å². The molecule has 3 rings (SSSR count). The summed E-state index contributed by atoms with van der Waals surface area (Å²) in [7, 11) is 0. The van der Waals surface area contributed by atoms with E-state index in [-0.39, 0.29) is 17.7 Å². The van der Waals surface area contributed by atoms with Crippen molar-refractivity contribution in [1.82, 2.24) is 5.32 Å². The summed E-state index contributed by atoms with van der Waals surface area (Å²) in [5.74, 6) is -0.103. The lowest BCUT2D eigenvalue weighted by Crippen LogP contribution is -2.39. The Balaban J connectivity index is 1.65. The van der Waals surface area contributed by atoms with Gasteiger partial charge in [0.25, 0.3) is 0 Å². The Hall–Kier alpha value is -1.84. The maximum absolute atomic E-state index is 12.6. The highest BCUT2D eigenvalue weighted by atomic mass is 16.2. The van der Waals surface area contributed by atoms with Crippen LogP contribution in [-0.2, 0) is 9.59 Å². The molecule has 4 heteroatoms. The minimum absolute atomic E-state index is 0.0584. The lowest BCUT2D eigenvalue weighted by atomic mass is 10.0. The van der Waals surface area contributed by atoms with E-state index in [1.165, 1.54) is 25.7 Å². The molecule has 1 aliphatic carbocycles. The first kappa shape index (κ1) is 17.0. The Bertz CT molecular complexity index is 618. The first-order chi connectivity index (χ1) is 11.5. The van der Waals surface area contributed by atoms with Gasteiger partial charge in [0.2, 0.25) is 11.8 Å². The fourth-order valence-electron chi connectivity index (χ4n) is 3.87. The number of carbonyl (C=O) groups is 2. The van der Waals surface area contributed by atoms with Gasteiger partial charge in [0.05, 0.1) is 5.92 Å². The van der Waals surface area contributed by atoms with Crippen LogP contribution >= 0.6 is 0 Å². The highest BCUT2D eigenvalue weighted by Gasteiger charge is 2.36. The number of rotatable bonds is 3. The van der Waals surface area contributed by atoms with E-state index >= 15 is 0 Å². The van der Waals surface area contributed by atoms with Crippen LogP contribution in [0.15, 0.2) is 18.2 Å². The predicted molar refractivity (Wildman–Crippen MR) is 96.0 cm³/mol. The van der Waals surface area contributed by atoms with Crippen molar-refractivity contribution in [3.05, 3.63) is 29.3 Å². The highest BCUT2D eigenvalue weighted by Crippen LogP contribution is 2.29. The zero-order chi connectivity index (χ0) is 17.1. The van der Waals surface area contributed by atoms with Crippen molar-refractivity contribution in [2.45, 2.75) is 64.8 Å². The van der Waals surface area contributed by atoms with Gasteiger partial charge in [-0.3, -0.25) is 9.59 Å². The molecule has 24 heavy (non-hydrogen) atoms. The molecule has 1 atom stereocenters. The Morgan fingerprint density at radius 1 is 1.12 bits per heavy atom. The molecule has 2 aliphatic rings. The van der Waals surface area contributed by atoms with E-state index in [1.54, 1.807) is 4.90 Å². The van der Waals surface area contributed by atoms with Gasteiger partial charge in [-0.25, -0.2) is 0 Å². The average Bonchev–Trinajstić information content (AvgIpc) is 2.77. The first-order valence-corrected chi connectivity index (χ1v) is 9.22. The minimum Gasteiger partial charge on any atom is -0.353 e. The molecule has 130 valence electrons. The van der Waals surface area contributed by atoms with E-state index in [2.05, 4.69) is 11.4 Å². The zero-order valence-corrected chi connectivity index (χ0v) is 14.8. The second-order valence-electron chi connectivity index (χ2n) is 7.39. The van der Waals surface area contributed by atoms with Crippen LogP contribution in [0.25, 0.3) is 0 Å². The molecule has 4 nitrogen and oxygen atoms in total. The summed E-state index contributed by atoms with van der Waals surface area (Å²) in [6.45, 7) is 4.54. The van der Waals surface area contributed by atoms with Crippen LogP contribution < -0.4 is 10.2 Å². The van der Waals surface area contributed by atoms with Gasteiger partial charge in [0.1, 0.15) is 0 Å². The number of anilines is 1. The normalized spacial score (nSPS) is 22.5. The first-order valence-electron chi connectivity index (χ1n) is 9.22. The Kier molecular flexibility index (Phi) is 5.22. The molecule has 1 aromatic carbocycles. The summed E-state index contributed by atoms with van der Waals surface area (Å²) in [6, 6.07) is 6.43. The SMILES string of the molecule is Cc1ccc(C)c(N2CC(C(=O)NC3CCCCCC3)CC2=O)c1. The monoisotopic (exact) mass is 328 g/mol. The van der Waals surface area contributed by atoms with Gasteiger partial charge in [-0.05, 0) is 43.9 Å². The topological polar surface area (TPSA) is 49.4 Å². The molecular formula is C20H28N2O2. The van der Waals surface area contributed by atoms with E-state index in [0.717, 1.165) is 29.7 Å². The summed E-state index contributed by atoms with van der Waals surface area (Å²) in [5, 5.41) is 3.20. The second-order valence-corrected chi connectivity index (χ2v) is 7.39. The molecule has 1 heterocycles. The van der Waals surface area contributed by atoms with Crippen molar-refractivity contribution in [1.29, 1.82) is 0 Å². The van der Waals surface area contributed by atoms with Crippen molar-refractivity contribution in [3.8, 4) is 0 Å². The van der Waals surface area contributed by atoms with Crippen molar-refractivity contribution >= 4 is 17.5 Å². The molecule has 2 fully saturated rings. The van der Waals surface area contributed by atoms with Crippen LogP contribution in [0.2, 0.25) is 0 Å². The quantitative estimate of drug-likeness (QED) is 0.864. The number of amides is 2. The van der Waals surface area contributed by atoms with Crippen LogP contribution in [0.4, 0.5) is 5.69 Å². The summed E-state index contributed by atoms with van der Waals surface area (Å²) in [5.41, 5.74) is 3.17. The van der Waals surface area contributed by atoms with E-state index in [0.29, 0.717) is 19.0 Å². The van der Waals surface area contributed by atoms with E-state index in [4.69, 9.17) is 0 Å². The van der Waals surface area contributed by atoms with Crippen molar-refractivity contribution < 1.29 is 9.59 Å². The van der Waals surface area contributed by atoms with E-state index < -0.39 is 0 Å². The number of carbonyl (C=O) groups excluding carboxylic acids is 2. The van der Waals surface area contributed by atoms with Gasteiger partial charge in [-0.2, -0.15) is 0 Å². The molecule has 1 unspecified atom stereocenters. The summed E-state index contributed by atoms with van der Waals surface area (Å²) < 4.78 is 0. The number of aryl methyl sites for hydroxylation is 2.